The molecule has 2 rings (SSSR count). The van der Waals surface area contributed by atoms with E-state index in [0.29, 0.717) is 5.41 Å². The van der Waals surface area contributed by atoms with Crippen molar-refractivity contribution in [3.05, 3.63) is 0 Å². The molecule has 2 aliphatic carbocycles. The van der Waals surface area contributed by atoms with Gasteiger partial charge in [-0.2, -0.15) is 0 Å². The molecule has 0 aromatic carbocycles. The van der Waals surface area contributed by atoms with E-state index in [-0.39, 0.29) is 5.54 Å². The van der Waals surface area contributed by atoms with Crippen LogP contribution in [0.2, 0.25) is 0 Å². The van der Waals surface area contributed by atoms with Gasteiger partial charge in [0.2, 0.25) is 0 Å². The highest BCUT2D eigenvalue weighted by molar-refractivity contribution is 5.12. The van der Waals surface area contributed by atoms with E-state index in [2.05, 4.69) is 20.8 Å². The van der Waals surface area contributed by atoms with Crippen molar-refractivity contribution in [1.82, 2.24) is 0 Å². The maximum atomic E-state index is 6.34. The Kier molecular flexibility index (Phi) is 1.26. The summed E-state index contributed by atoms with van der Waals surface area (Å²) in [5, 5.41) is 0. The van der Waals surface area contributed by atoms with Gasteiger partial charge in [-0.25, -0.2) is 0 Å². The first kappa shape index (κ1) is 7.60. The average Bonchev–Trinajstić information content (AvgIpc) is 2.37. The average molecular weight is 153 g/mol. The van der Waals surface area contributed by atoms with Crippen LogP contribution < -0.4 is 5.73 Å². The summed E-state index contributed by atoms with van der Waals surface area (Å²) in [6.07, 6.45) is 4.19. The Labute approximate surface area is 69.4 Å². The molecule has 2 fully saturated rings. The molecule has 11 heavy (non-hydrogen) atoms. The predicted octanol–water partition coefficient (Wildman–Crippen LogP) is 2.16. The van der Waals surface area contributed by atoms with Crippen LogP contribution in [0.1, 0.15) is 40.0 Å². The van der Waals surface area contributed by atoms with E-state index >= 15 is 0 Å². The minimum atomic E-state index is 0.107. The number of rotatable bonds is 0. The normalized spacial score (nSPS) is 53.5. The first-order valence-corrected chi connectivity index (χ1v) is 4.75. The summed E-state index contributed by atoms with van der Waals surface area (Å²) < 4.78 is 0. The SMILES string of the molecule is CC1(C)C2CCC(C2)[C@@]1(C)N. The lowest BCUT2D eigenvalue weighted by Gasteiger charge is -2.45. The topological polar surface area (TPSA) is 26.0 Å². The highest BCUT2D eigenvalue weighted by Gasteiger charge is 2.58. The van der Waals surface area contributed by atoms with Crippen molar-refractivity contribution in [2.75, 3.05) is 0 Å². The molecule has 2 saturated carbocycles. The van der Waals surface area contributed by atoms with Crippen molar-refractivity contribution >= 4 is 0 Å². The maximum Gasteiger partial charge on any atom is 0.0208 e. The van der Waals surface area contributed by atoms with Crippen LogP contribution in [0.5, 0.6) is 0 Å². The van der Waals surface area contributed by atoms with Crippen molar-refractivity contribution in [1.29, 1.82) is 0 Å². The van der Waals surface area contributed by atoms with Crippen LogP contribution in [-0.4, -0.2) is 5.54 Å². The van der Waals surface area contributed by atoms with E-state index in [0.717, 1.165) is 11.8 Å². The third-order valence-electron chi connectivity index (χ3n) is 4.69. The Morgan fingerprint density at radius 2 is 1.64 bits per heavy atom. The van der Waals surface area contributed by atoms with Crippen molar-refractivity contribution in [2.24, 2.45) is 23.0 Å². The fraction of sp³-hybridized carbons (Fsp3) is 1.00. The smallest absolute Gasteiger partial charge is 0.0208 e. The van der Waals surface area contributed by atoms with Gasteiger partial charge in [0.15, 0.2) is 0 Å². The van der Waals surface area contributed by atoms with Crippen molar-refractivity contribution in [3.8, 4) is 0 Å². The first-order chi connectivity index (χ1) is 4.96. The van der Waals surface area contributed by atoms with Gasteiger partial charge in [0, 0.05) is 5.54 Å². The number of hydrogen-bond acceptors (Lipinski definition) is 1. The summed E-state index contributed by atoms with van der Waals surface area (Å²) in [6, 6.07) is 0. The van der Waals surface area contributed by atoms with Gasteiger partial charge < -0.3 is 5.73 Å². The lowest BCUT2D eigenvalue weighted by molar-refractivity contribution is 0.102. The molecule has 0 saturated heterocycles. The van der Waals surface area contributed by atoms with Crippen LogP contribution in [0.15, 0.2) is 0 Å². The van der Waals surface area contributed by atoms with E-state index in [4.69, 9.17) is 5.73 Å². The standard InChI is InChI=1S/C10H19N/c1-9(2)7-4-5-8(6-7)10(9,3)11/h7-8H,4-6,11H2,1-3H3/t7?,8?,10-/m1/s1. The summed E-state index contributed by atoms with van der Waals surface area (Å²) in [5.74, 6) is 1.71. The molecule has 0 aromatic heterocycles. The van der Waals surface area contributed by atoms with E-state index in [1.807, 2.05) is 0 Å². The Balaban J connectivity index is 2.36. The first-order valence-electron chi connectivity index (χ1n) is 4.75. The Morgan fingerprint density at radius 1 is 1.09 bits per heavy atom. The number of fused-ring (bicyclic) bond motifs is 2. The molecule has 2 N–H and O–H groups in total. The number of nitrogens with two attached hydrogens (primary N) is 1. The van der Waals surface area contributed by atoms with Crippen LogP contribution in [-0.2, 0) is 0 Å². The minimum absolute atomic E-state index is 0.107. The largest absolute Gasteiger partial charge is 0.325 e. The molecule has 0 spiro atoms. The second kappa shape index (κ2) is 1.82. The van der Waals surface area contributed by atoms with Crippen LogP contribution in [0, 0.1) is 17.3 Å². The van der Waals surface area contributed by atoms with Crippen LogP contribution in [0.3, 0.4) is 0 Å². The molecule has 3 atom stereocenters. The van der Waals surface area contributed by atoms with Crippen LogP contribution in [0.25, 0.3) is 0 Å². The monoisotopic (exact) mass is 153 g/mol. The molecular weight excluding hydrogens is 134 g/mol. The zero-order valence-electron chi connectivity index (χ0n) is 7.85. The Bertz CT molecular complexity index is 161. The number of hydrogen-bond donors (Lipinski definition) is 1. The zero-order chi connectivity index (χ0) is 8.28. The van der Waals surface area contributed by atoms with Gasteiger partial charge in [-0.15, -0.1) is 0 Å². The van der Waals surface area contributed by atoms with E-state index < -0.39 is 0 Å². The van der Waals surface area contributed by atoms with E-state index in [1.54, 1.807) is 0 Å². The van der Waals surface area contributed by atoms with Gasteiger partial charge in [0.05, 0.1) is 0 Å². The van der Waals surface area contributed by atoms with Gasteiger partial charge in [-0.05, 0) is 43.4 Å². The molecule has 0 aromatic rings. The minimum Gasteiger partial charge on any atom is -0.325 e. The van der Waals surface area contributed by atoms with E-state index in [1.165, 1.54) is 19.3 Å². The molecule has 0 amide bonds. The molecule has 2 aliphatic rings. The molecule has 1 nitrogen and oxygen atoms in total. The van der Waals surface area contributed by atoms with E-state index in [9.17, 15) is 0 Å². The molecule has 0 radical (unpaired) electrons. The fourth-order valence-corrected chi connectivity index (χ4v) is 3.15. The highest BCUT2D eigenvalue weighted by Crippen LogP contribution is 2.59. The predicted molar refractivity (Wildman–Crippen MR) is 47.2 cm³/mol. The molecule has 64 valence electrons. The van der Waals surface area contributed by atoms with Gasteiger partial charge in [0.25, 0.3) is 0 Å². The van der Waals surface area contributed by atoms with Crippen molar-refractivity contribution < 1.29 is 0 Å². The van der Waals surface area contributed by atoms with Crippen molar-refractivity contribution in [2.45, 2.75) is 45.6 Å². The second-order valence-corrected chi connectivity index (χ2v) is 5.21. The third kappa shape index (κ3) is 0.703. The summed E-state index contributed by atoms with van der Waals surface area (Å²) >= 11 is 0. The summed E-state index contributed by atoms with van der Waals surface area (Å²) in [6.45, 7) is 6.94. The lowest BCUT2D eigenvalue weighted by Crippen LogP contribution is -2.54. The van der Waals surface area contributed by atoms with Crippen LogP contribution in [0.4, 0.5) is 0 Å². The maximum absolute atomic E-state index is 6.34. The Morgan fingerprint density at radius 3 is 1.91 bits per heavy atom. The molecule has 1 heteroatoms. The molecule has 0 aliphatic heterocycles. The van der Waals surface area contributed by atoms with Gasteiger partial charge in [0.1, 0.15) is 0 Å². The molecule has 2 unspecified atom stereocenters. The molecule has 2 bridgehead atoms. The summed E-state index contributed by atoms with van der Waals surface area (Å²) in [7, 11) is 0. The zero-order valence-corrected chi connectivity index (χ0v) is 7.85. The molecular formula is C10H19N. The van der Waals surface area contributed by atoms with Crippen LogP contribution >= 0.6 is 0 Å². The van der Waals surface area contributed by atoms with Crippen molar-refractivity contribution in [3.63, 3.8) is 0 Å². The highest BCUT2D eigenvalue weighted by atomic mass is 14.9. The van der Waals surface area contributed by atoms with Gasteiger partial charge >= 0.3 is 0 Å². The summed E-state index contributed by atoms with van der Waals surface area (Å²) in [4.78, 5) is 0. The third-order valence-corrected chi connectivity index (χ3v) is 4.69. The fourth-order valence-electron chi connectivity index (χ4n) is 3.15. The Hall–Kier alpha value is -0.0400. The summed E-state index contributed by atoms with van der Waals surface area (Å²) in [5.41, 5.74) is 6.83. The quantitative estimate of drug-likeness (QED) is 0.567. The lowest BCUT2D eigenvalue weighted by atomic mass is 9.65. The van der Waals surface area contributed by atoms with Gasteiger partial charge in [-0.3, -0.25) is 0 Å². The second-order valence-electron chi connectivity index (χ2n) is 5.21. The van der Waals surface area contributed by atoms with Gasteiger partial charge in [-0.1, -0.05) is 13.8 Å². The molecule has 0 heterocycles.